The fraction of sp³-hybridized carbons (Fsp3) is 0.0667. The van der Waals surface area contributed by atoms with Crippen LogP contribution < -0.4 is 5.73 Å². The van der Waals surface area contributed by atoms with Crippen LogP contribution in [0.5, 0.6) is 0 Å². The van der Waals surface area contributed by atoms with Crippen LogP contribution in [0.2, 0.25) is 0 Å². The van der Waals surface area contributed by atoms with Gasteiger partial charge in [0.05, 0.1) is 23.6 Å². The monoisotopic (exact) mass is 268 g/mol. The maximum atomic E-state index is 13.3. The third-order valence-electron chi connectivity index (χ3n) is 3.08. The van der Waals surface area contributed by atoms with E-state index in [1.54, 1.807) is 17.1 Å². The molecule has 0 spiro atoms. The summed E-state index contributed by atoms with van der Waals surface area (Å²) >= 11 is 0. The zero-order valence-corrected chi connectivity index (χ0v) is 10.6. The standard InChI is InChI=1S/C15H13FN4/c16-12-8-11(9-18-10-12)15(17)14-6-7-19-20(14)13-4-2-1-3-5-13/h1-10,15H,17H2. The van der Waals surface area contributed by atoms with E-state index in [0.717, 1.165) is 17.6 Å². The van der Waals surface area contributed by atoms with Gasteiger partial charge in [-0.15, -0.1) is 0 Å². The summed E-state index contributed by atoms with van der Waals surface area (Å²) in [5.74, 6) is -0.399. The van der Waals surface area contributed by atoms with Gasteiger partial charge in [-0.25, -0.2) is 9.07 Å². The summed E-state index contributed by atoms with van der Waals surface area (Å²) in [5.41, 5.74) is 8.50. The van der Waals surface area contributed by atoms with Crippen LogP contribution in [0.1, 0.15) is 17.3 Å². The van der Waals surface area contributed by atoms with Gasteiger partial charge in [-0.05, 0) is 29.8 Å². The van der Waals surface area contributed by atoms with E-state index in [0.29, 0.717) is 5.56 Å². The minimum absolute atomic E-state index is 0.399. The second kappa shape index (κ2) is 5.22. The largest absolute Gasteiger partial charge is 0.319 e. The van der Waals surface area contributed by atoms with Crippen LogP contribution in [-0.4, -0.2) is 14.8 Å². The van der Waals surface area contributed by atoms with Crippen molar-refractivity contribution in [2.45, 2.75) is 6.04 Å². The third-order valence-corrected chi connectivity index (χ3v) is 3.08. The Balaban J connectivity index is 2.02. The molecular formula is C15H13FN4. The molecule has 3 rings (SSSR count). The number of para-hydroxylation sites is 1. The Bertz CT molecular complexity index is 709. The Morgan fingerprint density at radius 1 is 1.10 bits per heavy atom. The Kier molecular flexibility index (Phi) is 3.26. The number of benzene rings is 1. The van der Waals surface area contributed by atoms with Gasteiger partial charge < -0.3 is 5.73 Å². The minimum Gasteiger partial charge on any atom is -0.319 e. The second-order valence-electron chi connectivity index (χ2n) is 4.42. The van der Waals surface area contributed by atoms with E-state index in [9.17, 15) is 4.39 Å². The van der Waals surface area contributed by atoms with Gasteiger partial charge in [0.25, 0.3) is 0 Å². The maximum Gasteiger partial charge on any atom is 0.141 e. The molecule has 0 amide bonds. The topological polar surface area (TPSA) is 56.7 Å². The van der Waals surface area contributed by atoms with Crippen LogP contribution in [0.15, 0.2) is 61.1 Å². The SMILES string of the molecule is NC(c1cncc(F)c1)c1ccnn1-c1ccccc1. The van der Waals surface area contributed by atoms with E-state index in [1.807, 2.05) is 36.4 Å². The summed E-state index contributed by atoms with van der Waals surface area (Å²) < 4.78 is 15.0. The lowest BCUT2D eigenvalue weighted by atomic mass is 10.1. The number of rotatable bonds is 3. The molecule has 0 saturated heterocycles. The highest BCUT2D eigenvalue weighted by molar-refractivity contribution is 5.35. The lowest BCUT2D eigenvalue weighted by Gasteiger charge is -2.14. The first kappa shape index (κ1) is 12.5. The van der Waals surface area contributed by atoms with E-state index >= 15 is 0 Å². The first-order chi connectivity index (χ1) is 9.75. The van der Waals surface area contributed by atoms with Crippen molar-refractivity contribution < 1.29 is 4.39 Å². The molecule has 2 aromatic heterocycles. The molecule has 5 heteroatoms. The summed E-state index contributed by atoms with van der Waals surface area (Å²) in [6, 6.07) is 12.4. The Labute approximate surface area is 115 Å². The fourth-order valence-corrected chi connectivity index (χ4v) is 2.10. The number of halogens is 1. The van der Waals surface area contributed by atoms with Crippen LogP contribution >= 0.6 is 0 Å². The molecule has 1 aromatic carbocycles. The third kappa shape index (κ3) is 2.31. The zero-order chi connectivity index (χ0) is 13.9. The number of hydrogen-bond donors (Lipinski definition) is 1. The first-order valence-electron chi connectivity index (χ1n) is 6.21. The van der Waals surface area contributed by atoms with Crippen LogP contribution in [0.3, 0.4) is 0 Å². The summed E-state index contributed by atoms with van der Waals surface area (Å²) in [4.78, 5) is 3.83. The van der Waals surface area contributed by atoms with Crippen LogP contribution in [0.4, 0.5) is 4.39 Å². The molecule has 0 radical (unpaired) electrons. The van der Waals surface area contributed by atoms with E-state index in [1.165, 1.54) is 6.07 Å². The molecular weight excluding hydrogens is 255 g/mol. The number of aromatic nitrogens is 3. The molecule has 4 nitrogen and oxygen atoms in total. The highest BCUT2D eigenvalue weighted by atomic mass is 19.1. The van der Waals surface area contributed by atoms with Gasteiger partial charge in [0.2, 0.25) is 0 Å². The molecule has 0 bridgehead atoms. The molecule has 1 unspecified atom stereocenters. The molecule has 100 valence electrons. The average molecular weight is 268 g/mol. The summed E-state index contributed by atoms with van der Waals surface area (Å²) in [5, 5.41) is 4.28. The molecule has 2 N–H and O–H groups in total. The summed E-state index contributed by atoms with van der Waals surface area (Å²) in [7, 11) is 0. The zero-order valence-electron chi connectivity index (χ0n) is 10.6. The fourth-order valence-electron chi connectivity index (χ4n) is 2.10. The lowest BCUT2D eigenvalue weighted by Crippen LogP contribution is -2.17. The molecule has 0 aliphatic carbocycles. The number of hydrogen-bond acceptors (Lipinski definition) is 3. The van der Waals surface area contributed by atoms with Gasteiger partial charge in [0, 0.05) is 12.4 Å². The Morgan fingerprint density at radius 2 is 1.90 bits per heavy atom. The predicted molar refractivity (Wildman–Crippen MR) is 73.8 cm³/mol. The minimum atomic E-state index is -0.485. The molecule has 1 atom stereocenters. The first-order valence-corrected chi connectivity index (χ1v) is 6.21. The highest BCUT2D eigenvalue weighted by Gasteiger charge is 2.15. The molecule has 20 heavy (non-hydrogen) atoms. The van der Waals surface area contributed by atoms with Crippen molar-refractivity contribution in [2.75, 3.05) is 0 Å². The molecule has 0 saturated carbocycles. The van der Waals surface area contributed by atoms with E-state index in [-0.39, 0.29) is 0 Å². The van der Waals surface area contributed by atoms with Crippen molar-refractivity contribution in [3.8, 4) is 5.69 Å². The van der Waals surface area contributed by atoms with E-state index in [2.05, 4.69) is 10.1 Å². The van der Waals surface area contributed by atoms with Crippen molar-refractivity contribution in [3.05, 3.63) is 78.1 Å². The van der Waals surface area contributed by atoms with Gasteiger partial charge in [0.1, 0.15) is 5.82 Å². The highest BCUT2D eigenvalue weighted by Crippen LogP contribution is 2.21. The normalized spacial score (nSPS) is 12.3. The quantitative estimate of drug-likeness (QED) is 0.793. The molecule has 0 fully saturated rings. The van der Waals surface area contributed by atoms with Crippen molar-refractivity contribution in [1.29, 1.82) is 0 Å². The molecule has 3 aromatic rings. The van der Waals surface area contributed by atoms with Crippen LogP contribution in [-0.2, 0) is 0 Å². The smallest absolute Gasteiger partial charge is 0.141 e. The van der Waals surface area contributed by atoms with Crippen molar-refractivity contribution in [1.82, 2.24) is 14.8 Å². The van der Waals surface area contributed by atoms with E-state index in [4.69, 9.17) is 5.73 Å². The number of pyridine rings is 1. The Hall–Kier alpha value is -2.53. The average Bonchev–Trinajstić information content (AvgIpc) is 2.97. The van der Waals surface area contributed by atoms with E-state index < -0.39 is 11.9 Å². The summed E-state index contributed by atoms with van der Waals surface area (Å²) in [6.45, 7) is 0. The van der Waals surface area contributed by atoms with Crippen molar-refractivity contribution in [3.63, 3.8) is 0 Å². The van der Waals surface area contributed by atoms with Gasteiger partial charge in [-0.3, -0.25) is 4.98 Å². The van der Waals surface area contributed by atoms with Crippen molar-refractivity contribution >= 4 is 0 Å². The predicted octanol–water partition coefficient (Wildman–Crippen LogP) is 2.45. The summed E-state index contributed by atoms with van der Waals surface area (Å²) in [6.07, 6.45) is 4.40. The van der Waals surface area contributed by atoms with Crippen LogP contribution in [0.25, 0.3) is 5.69 Å². The Morgan fingerprint density at radius 3 is 2.65 bits per heavy atom. The molecule has 2 heterocycles. The van der Waals surface area contributed by atoms with Gasteiger partial charge in [-0.1, -0.05) is 18.2 Å². The van der Waals surface area contributed by atoms with Crippen LogP contribution in [0, 0.1) is 5.82 Å². The van der Waals surface area contributed by atoms with Gasteiger partial charge >= 0.3 is 0 Å². The number of nitrogens with zero attached hydrogens (tertiary/aromatic N) is 3. The second-order valence-corrected chi connectivity index (χ2v) is 4.42. The van der Waals surface area contributed by atoms with Crippen molar-refractivity contribution in [2.24, 2.45) is 5.73 Å². The van der Waals surface area contributed by atoms with Gasteiger partial charge in [-0.2, -0.15) is 5.10 Å². The molecule has 0 aliphatic heterocycles. The lowest BCUT2D eigenvalue weighted by molar-refractivity contribution is 0.614. The van der Waals surface area contributed by atoms with Gasteiger partial charge in [0.15, 0.2) is 0 Å². The number of nitrogens with two attached hydrogens (primary N) is 1. The maximum absolute atomic E-state index is 13.3. The molecule has 0 aliphatic rings.